The summed E-state index contributed by atoms with van der Waals surface area (Å²) in [5.74, 6) is 1.18. The first-order valence-corrected chi connectivity index (χ1v) is 11.7. The summed E-state index contributed by atoms with van der Waals surface area (Å²) in [6.07, 6.45) is 7.69. The smallest absolute Gasteiger partial charge is 0.321 e. The Labute approximate surface area is 196 Å². The second kappa shape index (κ2) is 13.2. The number of piperidine rings is 1. The van der Waals surface area contributed by atoms with E-state index in [1.807, 2.05) is 69.3 Å². The van der Waals surface area contributed by atoms with Crippen LogP contribution in [0.15, 0.2) is 59.9 Å². The molecule has 1 aliphatic rings. The fourth-order valence-corrected chi connectivity index (χ4v) is 3.47. The molecule has 2 aromatic heterocycles. The van der Waals surface area contributed by atoms with Gasteiger partial charge in [-0.2, -0.15) is 9.97 Å². The predicted molar refractivity (Wildman–Crippen MR) is 132 cm³/mol. The molecule has 1 aromatic carbocycles. The first-order chi connectivity index (χ1) is 16.3. The lowest BCUT2D eigenvalue weighted by Crippen LogP contribution is -2.30. The molecule has 1 saturated heterocycles. The molecule has 3 heterocycles. The lowest BCUT2D eigenvalue weighted by molar-refractivity contribution is 0.278. The number of nitrogens with zero attached hydrogens (tertiary/aromatic N) is 5. The second-order valence-corrected chi connectivity index (χ2v) is 7.55. The molecule has 0 N–H and O–H groups in total. The summed E-state index contributed by atoms with van der Waals surface area (Å²) in [6.45, 7) is 8.42. The maximum absolute atomic E-state index is 5.84. The summed E-state index contributed by atoms with van der Waals surface area (Å²) in [5.41, 5.74) is 3.10. The summed E-state index contributed by atoms with van der Waals surface area (Å²) in [5, 5.41) is 4.11. The van der Waals surface area contributed by atoms with Crippen molar-refractivity contribution in [1.29, 1.82) is 0 Å². The van der Waals surface area contributed by atoms with Gasteiger partial charge in [0.2, 0.25) is 0 Å². The third-order valence-electron chi connectivity index (χ3n) is 5.05. The van der Waals surface area contributed by atoms with E-state index in [1.54, 1.807) is 12.4 Å². The highest BCUT2D eigenvalue weighted by atomic mass is 16.6. The van der Waals surface area contributed by atoms with Gasteiger partial charge in [-0.15, -0.1) is 0 Å². The minimum absolute atomic E-state index is 0.291. The van der Waals surface area contributed by atoms with Crippen LogP contribution in [-0.4, -0.2) is 40.9 Å². The standard InChI is InChI=1S/C24H27N5O2.C2H6/c1-19-8-7-9-20(16-19)18-26-31-23-17-22(29-13-5-2-6-14-29)27-24(28-23)30-15-11-21-10-3-4-12-25-21;1-2/h3-4,7-10,12,16-18H,2,5-6,11,13-15H2,1H3;1-2H3/b26-18+;. The molecule has 0 amide bonds. The molecule has 0 bridgehead atoms. The van der Waals surface area contributed by atoms with Crippen LogP contribution in [0.5, 0.6) is 11.9 Å². The van der Waals surface area contributed by atoms with Gasteiger partial charge < -0.3 is 14.5 Å². The average molecular weight is 448 g/mol. The van der Waals surface area contributed by atoms with Crippen LogP contribution in [0.3, 0.4) is 0 Å². The summed E-state index contributed by atoms with van der Waals surface area (Å²) in [4.78, 5) is 21.1. The van der Waals surface area contributed by atoms with E-state index in [-0.39, 0.29) is 0 Å². The lowest BCUT2D eigenvalue weighted by Gasteiger charge is -2.27. The quantitative estimate of drug-likeness (QED) is 0.348. The number of benzene rings is 1. The molecule has 1 fully saturated rings. The SMILES string of the molecule is CC.Cc1cccc(/C=N/Oc2cc(N3CCCCC3)nc(OCCc3ccccn3)n2)c1. The summed E-state index contributed by atoms with van der Waals surface area (Å²) < 4.78 is 5.84. The van der Waals surface area contributed by atoms with Gasteiger partial charge in [0.05, 0.1) is 12.8 Å². The van der Waals surface area contributed by atoms with Gasteiger partial charge in [0.1, 0.15) is 5.82 Å². The normalized spacial score (nSPS) is 13.4. The topological polar surface area (TPSA) is 72.7 Å². The minimum Gasteiger partial charge on any atom is -0.463 e. The van der Waals surface area contributed by atoms with Crippen molar-refractivity contribution >= 4 is 12.0 Å². The van der Waals surface area contributed by atoms with Crippen LogP contribution < -0.4 is 14.5 Å². The van der Waals surface area contributed by atoms with Gasteiger partial charge in [0.15, 0.2) is 0 Å². The number of hydrogen-bond donors (Lipinski definition) is 0. The van der Waals surface area contributed by atoms with Gasteiger partial charge in [0, 0.05) is 37.5 Å². The zero-order valence-corrected chi connectivity index (χ0v) is 19.8. The lowest BCUT2D eigenvalue weighted by atomic mass is 10.1. The molecule has 33 heavy (non-hydrogen) atoms. The molecule has 0 spiro atoms. The Morgan fingerprint density at radius 2 is 1.85 bits per heavy atom. The largest absolute Gasteiger partial charge is 0.463 e. The summed E-state index contributed by atoms with van der Waals surface area (Å²) in [6, 6.07) is 16.0. The van der Waals surface area contributed by atoms with Crippen LogP contribution in [0, 0.1) is 6.92 Å². The second-order valence-electron chi connectivity index (χ2n) is 7.55. The fourth-order valence-electron chi connectivity index (χ4n) is 3.47. The fraction of sp³-hybridized carbons (Fsp3) is 0.385. The van der Waals surface area contributed by atoms with Crippen molar-refractivity contribution in [2.45, 2.75) is 46.5 Å². The number of aromatic nitrogens is 3. The van der Waals surface area contributed by atoms with E-state index in [0.29, 0.717) is 24.9 Å². The Balaban J connectivity index is 0.00000149. The van der Waals surface area contributed by atoms with Crippen LogP contribution in [0.4, 0.5) is 5.82 Å². The zero-order valence-electron chi connectivity index (χ0n) is 19.8. The number of oxime groups is 1. The maximum atomic E-state index is 5.84. The highest BCUT2D eigenvalue weighted by molar-refractivity contribution is 5.79. The Kier molecular flexibility index (Phi) is 9.63. The van der Waals surface area contributed by atoms with Gasteiger partial charge in [0.25, 0.3) is 5.88 Å². The number of rotatable bonds is 8. The summed E-state index contributed by atoms with van der Waals surface area (Å²) >= 11 is 0. The highest BCUT2D eigenvalue weighted by Gasteiger charge is 2.16. The number of hydrogen-bond acceptors (Lipinski definition) is 7. The molecule has 0 radical (unpaired) electrons. The monoisotopic (exact) mass is 447 g/mol. The number of anilines is 1. The van der Waals surface area contributed by atoms with E-state index in [4.69, 9.17) is 9.57 Å². The molecule has 174 valence electrons. The molecule has 7 nitrogen and oxygen atoms in total. The molecule has 1 aliphatic heterocycles. The van der Waals surface area contributed by atoms with Gasteiger partial charge >= 0.3 is 6.01 Å². The van der Waals surface area contributed by atoms with E-state index < -0.39 is 0 Å². The van der Waals surface area contributed by atoms with E-state index in [9.17, 15) is 0 Å². The Morgan fingerprint density at radius 1 is 1.00 bits per heavy atom. The third kappa shape index (κ3) is 7.86. The van der Waals surface area contributed by atoms with Crippen molar-refractivity contribution in [1.82, 2.24) is 15.0 Å². The van der Waals surface area contributed by atoms with Crippen molar-refractivity contribution in [3.63, 3.8) is 0 Å². The van der Waals surface area contributed by atoms with Crippen LogP contribution in [-0.2, 0) is 6.42 Å². The first kappa shape index (κ1) is 24.2. The molecule has 7 heteroatoms. The first-order valence-electron chi connectivity index (χ1n) is 11.7. The minimum atomic E-state index is 0.291. The van der Waals surface area contributed by atoms with Crippen LogP contribution in [0.2, 0.25) is 0 Å². The van der Waals surface area contributed by atoms with Crippen molar-refractivity contribution < 1.29 is 9.57 Å². The molecule has 0 aliphatic carbocycles. The van der Waals surface area contributed by atoms with Crippen molar-refractivity contribution in [3.8, 4) is 11.9 Å². The van der Waals surface area contributed by atoms with E-state index in [1.165, 1.54) is 12.0 Å². The van der Waals surface area contributed by atoms with Crippen molar-refractivity contribution in [3.05, 3.63) is 71.5 Å². The molecule has 0 saturated carbocycles. The molecular weight excluding hydrogens is 414 g/mol. The summed E-state index contributed by atoms with van der Waals surface area (Å²) in [7, 11) is 0. The number of aryl methyl sites for hydroxylation is 1. The van der Waals surface area contributed by atoms with Crippen molar-refractivity contribution in [2.75, 3.05) is 24.6 Å². The van der Waals surface area contributed by atoms with Gasteiger partial charge in [-0.1, -0.05) is 54.9 Å². The van der Waals surface area contributed by atoms with E-state index in [0.717, 1.165) is 43.0 Å². The van der Waals surface area contributed by atoms with Crippen molar-refractivity contribution in [2.24, 2.45) is 5.16 Å². The van der Waals surface area contributed by atoms with Crippen LogP contribution in [0.1, 0.15) is 49.9 Å². The Bertz CT molecular complexity index is 1000. The zero-order chi connectivity index (χ0) is 23.3. The van der Waals surface area contributed by atoms with Gasteiger partial charge in [-0.3, -0.25) is 4.98 Å². The molecule has 4 rings (SSSR count). The van der Waals surface area contributed by atoms with E-state index >= 15 is 0 Å². The van der Waals surface area contributed by atoms with E-state index in [2.05, 4.69) is 25.0 Å². The predicted octanol–water partition coefficient (Wildman–Crippen LogP) is 5.23. The van der Waals surface area contributed by atoms with Crippen LogP contribution in [0.25, 0.3) is 0 Å². The average Bonchev–Trinajstić information content (AvgIpc) is 2.86. The Morgan fingerprint density at radius 3 is 2.61 bits per heavy atom. The third-order valence-corrected chi connectivity index (χ3v) is 5.05. The number of pyridine rings is 1. The molecule has 0 atom stereocenters. The van der Waals surface area contributed by atoms with Crippen LogP contribution >= 0.6 is 0 Å². The number of ether oxygens (including phenoxy) is 1. The maximum Gasteiger partial charge on any atom is 0.321 e. The highest BCUT2D eigenvalue weighted by Crippen LogP contribution is 2.24. The molecule has 3 aromatic rings. The molecular formula is C26H33N5O2. The molecule has 0 unspecified atom stereocenters. The van der Waals surface area contributed by atoms with Gasteiger partial charge in [-0.25, -0.2) is 0 Å². The Hall–Kier alpha value is -3.48. The van der Waals surface area contributed by atoms with Gasteiger partial charge in [-0.05, 0) is 43.9 Å².